The molecule has 1 aromatic heterocycles. The predicted octanol–water partition coefficient (Wildman–Crippen LogP) is 2.93. The Hall–Kier alpha value is -1.36. The fourth-order valence-corrected chi connectivity index (χ4v) is 3.03. The Morgan fingerprint density at radius 1 is 1.30 bits per heavy atom. The van der Waals surface area contributed by atoms with Crippen LogP contribution < -0.4 is 5.73 Å². The lowest BCUT2D eigenvalue weighted by Gasteiger charge is -2.27. The van der Waals surface area contributed by atoms with Crippen LogP contribution in [-0.2, 0) is 6.42 Å². The highest BCUT2D eigenvalue weighted by molar-refractivity contribution is 7.09. The van der Waals surface area contributed by atoms with Gasteiger partial charge in [0.2, 0.25) is 0 Å². The number of rotatable bonds is 6. The Balaban J connectivity index is 1.91. The molecule has 2 atom stereocenters. The minimum atomic E-state index is -0.505. The Morgan fingerprint density at radius 2 is 2.10 bits per heavy atom. The summed E-state index contributed by atoms with van der Waals surface area (Å²) in [5.74, 6) is 0. The zero-order valence-electron chi connectivity index (χ0n) is 12.0. The number of aliphatic hydroxyl groups excluding tert-OH is 1. The second-order valence-electron chi connectivity index (χ2n) is 5.26. The van der Waals surface area contributed by atoms with E-state index in [4.69, 9.17) is 5.73 Å². The SMILES string of the molecule is CC(Cc1cccs1)N(C)CC(O)c1cccc(N)c1. The summed E-state index contributed by atoms with van der Waals surface area (Å²) in [5, 5.41) is 12.4. The molecule has 4 heteroatoms. The molecule has 0 amide bonds. The largest absolute Gasteiger partial charge is 0.399 e. The Kier molecular flexibility index (Phi) is 5.17. The predicted molar refractivity (Wildman–Crippen MR) is 85.9 cm³/mol. The summed E-state index contributed by atoms with van der Waals surface area (Å²) in [6.45, 7) is 2.79. The van der Waals surface area contributed by atoms with Crippen molar-refractivity contribution in [2.45, 2.75) is 25.5 Å². The quantitative estimate of drug-likeness (QED) is 0.804. The third-order valence-corrected chi connectivity index (χ3v) is 4.48. The molecule has 0 aliphatic rings. The first kappa shape index (κ1) is 15.0. The lowest BCUT2D eigenvalue weighted by atomic mass is 10.1. The van der Waals surface area contributed by atoms with Crippen LogP contribution in [0.2, 0.25) is 0 Å². The molecular formula is C16H22N2OS. The van der Waals surface area contributed by atoms with Crippen molar-refractivity contribution in [2.24, 2.45) is 0 Å². The van der Waals surface area contributed by atoms with Crippen LogP contribution in [0.3, 0.4) is 0 Å². The lowest BCUT2D eigenvalue weighted by Crippen LogP contribution is -2.34. The van der Waals surface area contributed by atoms with Crippen LogP contribution in [0, 0.1) is 0 Å². The number of thiophene rings is 1. The van der Waals surface area contributed by atoms with Gasteiger partial charge in [-0.3, -0.25) is 0 Å². The van der Waals surface area contributed by atoms with E-state index in [0.29, 0.717) is 18.3 Å². The van der Waals surface area contributed by atoms with Crippen molar-refractivity contribution in [3.05, 3.63) is 52.2 Å². The number of anilines is 1. The first-order valence-electron chi connectivity index (χ1n) is 6.82. The van der Waals surface area contributed by atoms with Crippen molar-refractivity contribution in [1.29, 1.82) is 0 Å². The van der Waals surface area contributed by atoms with E-state index in [9.17, 15) is 5.11 Å². The summed E-state index contributed by atoms with van der Waals surface area (Å²) in [6, 6.07) is 12.1. The van der Waals surface area contributed by atoms with E-state index in [1.807, 2.05) is 31.3 Å². The van der Waals surface area contributed by atoms with Crippen LogP contribution in [0.25, 0.3) is 0 Å². The number of hydrogen-bond donors (Lipinski definition) is 2. The lowest BCUT2D eigenvalue weighted by molar-refractivity contribution is 0.108. The number of benzene rings is 1. The van der Waals surface area contributed by atoms with E-state index in [1.54, 1.807) is 11.3 Å². The van der Waals surface area contributed by atoms with Gasteiger partial charge in [-0.25, -0.2) is 0 Å². The molecule has 2 rings (SSSR count). The number of nitrogens with zero attached hydrogens (tertiary/aromatic N) is 1. The maximum Gasteiger partial charge on any atom is 0.0917 e. The molecule has 0 radical (unpaired) electrons. The molecule has 2 unspecified atom stereocenters. The average Bonchev–Trinajstić information content (AvgIpc) is 2.91. The smallest absolute Gasteiger partial charge is 0.0917 e. The minimum absolute atomic E-state index is 0.393. The van der Waals surface area contributed by atoms with Crippen molar-refractivity contribution in [1.82, 2.24) is 4.90 Å². The van der Waals surface area contributed by atoms with Gasteiger partial charge in [0.15, 0.2) is 0 Å². The maximum atomic E-state index is 10.3. The van der Waals surface area contributed by atoms with Crippen molar-refractivity contribution < 1.29 is 5.11 Å². The van der Waals surface area contributed by atoms with Gasteiger partial charge in [-0.1, -0.05) is 18.2 Å². The summed E-state index contributed by atoms with van der Waals surface area (Å²) in [6.07, 6.45) is 0.506. The van der Waals surface area contributed by atoms with Gasteiger partial charge >= 0.3 is 0 Å². The van der Waals surface area contributed by atoms with E-state index in [2.05, 4.69) is 29.3 Å². The number of hydrogen-bond acceptors (Lipinski definition) is 4. The van der Waals surface area contributed by atoms with Crippen molar-refractivity contribution >= 4 is 17.0 Å². The molecule has 0 saturated heterocycles. The van der Waals surface area contributed by atoms with Gasteiger partial charge in [-0.2, -0.15) is 0 Å². The Labute approximate surface area is 124 Å². The standard InChI is InChI=1S/C16H22N2OS/c1-12(9-15-7-4-8-20-15)18(2)11-16(19)13-5-3-6-14(17)10-13/h3-8,10,12,16,19H,9,11,17H2,1-2H3. The second-order valence-corrected chi connectivity index (χ2v) is 6.29. The van der Waals surface area contributed by atoms with E-state index in [0.717, 1.165) is 12.0 Å². The van der Waals surface area contributed by atoms with Crippen LogP contribution >= 0.6 is 11.3 Å². The van der Waals surface area contributed by atoms with Crippen LogP contribution in [0.1, 0.15) is 23.5 Å². The topological polar surface area (TPSA) is 49.5 Å². The molecule has 0 saturated carbocycles. The van der Waals surface area contributed by atoms with Gasteiger partial charge in [-0.05, 0) is 49.5 Å². The van der Waals surface area contributed by atoms with Gasteiger partial charge in [0.25, 0.3) is 0 Å². The number of nitrogen functional groups attached to an aromatic ring is 1. The molecule has 3 N–H and O–H groups in total. The highest BCUT2D eigenvalue weighted by Crippen LogP contribution is 2.19. The molecule has 0 aliphatic heterocycles. The highest BCUT2D eigenvalue weighted by Gasteiger charge is 2.16. The highest BCUT2D eigenvalue weighted by atomic mass is 32.1. The second kappa shape index (κ2) is 6.88. The Morgan fingerprint density at radius 3 is 2.75 bits per heavy atom. The molecule has 0 fully saturated rings. The maximum absolute atomic E-state index is 10.3. The van der Waals surface area contributed by atoms with E-state index in [1.165, 1.54) is 4.88 Å². The molecule has 2 aromatic rings. The average molecular weight is 290 g/mol. The number of nitrogens with two attached hydrogens (primary N) is 1. The van der Waals surface area contributed by atoms with Gasteiger partial charge in [-0.15, -0.1) is 11.3 Å². The molecular weight excluding hydrogens is 268 g/mol. The summed E-state index contributed by atoms with van der Waals surface area (Å²) >= 11 is 1.78. The fraction of sp³-hybridized carbons (Fsp3) is 0.375. The van der Waals surface area contributed by atoms with E-state index >= 15 is 0 Å². The van der Waals surface area contributed by atoms with Crippen LogP contribution in [0.5, 0.6) is 0 Å². The number of likely N-dealkylation sites (N-methyl/N-ethyl adjacent to an activating group) is 1. The molecule has 20 heavy (non-hydrogen) atoms. The summed E-state index contributed by atoms with van der Waals surface area (Å²) in [4.78, 5) is 3.57. The number of aliphatic hydroxyl groups is 1. The van der Waals surface area contributed by atoms with Crippen LogP contribution in [0.15, 0.2) is 41.8 Å². The normalized spacial score (nSPS) is 14.4. The summed E-state index contributed by atoms with van der Waals surface area (Å²) in [7, 11) is 2.05. The first-order chi connectivity index (χ1) is 9.56. The van der Waals surface area contributed by atoms with Crippen molar-refractivity contribution in [2.75, 3.05) is 19.3 Å². The van der Waals surface area contributed by atoms with Gasteiger partial charge in [0.05, 0.1) is 6.10 Å². The van der Waals surface area contributed by atoms with E-state index < -0.39 is 6.10 Å². The van der Waals surface area contributed by atoms with Crippen molar-refractivity contribution in [3.63, 3.8) is 0 Å². The molecule has 1 heterocycles. The fourth-order valence-electron chi connectivity index (χ4n) is 2.20. The van der Waals surface area contributed by atoms with Gasteiger partial charge in [0.1, 0.15) is 0 Å². The molecule has 3 nitrogen and oxygen atoms in total. The molecule has 108 valence electrons. The summed E-state index contributed by atoms with van der Waals surface area (Å²) < 4.78 is 0. The third kappa shape index (κ3) is 4.07. The molecule has 0 aliphatic carbocycles. The third-order valence-electron chi connectivity index (χ3n) is 3.59. The van der Waals surface area contributed by atoms with Crippen LogP contribution in [-0.4, -0.2) is 29.6 Å². The molecule has 0 spiro atoms. The Bertz CT molecular complexity index is 527. The van der Waals surface area contributed by atoms with Gasteiger partial charge in [0, 0.05) is 23.2 Å². The van der Waals surface area contributed by atoms with Crippen LogP contribution in [0.4, 0.5) is 5.69 Å². The monoisotopic (exact) mass is 290 g/mol. The molecule has 1 aromatic carbocycles. The van der Waals surface area contributed by atoms with E-state index in [-0.39, 0.29) is 0 Å². The minimum Gasteiger partial charge on any atom is -0.399 e. The summed E-state index contributed by atoms with van der Waals surface area (Å²) in [5.41, 5.74) is 7.32. The first-order valence-corrected chi connectivity index (χ1v) is 7.70. The van der Waals surface area contributed by atoms with Crippen molar-refractivity contribution in [3.8, 4) is 0 Å². The molecule has 0 bridgehead atoms. The zero-order valence-corrected chi connectivity index (χ0v) is 12.8. The van der Waals surface area contributed by atoms with Gasteiger partial charge < -0.3 is 15.7 Å². The zero-order chi connectivity index (χ0) is 14.5.